The van der Waals surface area contributed by atoms with Crippen molar-refractivity contribution < 1.29 is 9.13 Å². The highest BCUT2D eigenvalue weighted by Gasteiger charge is 2.25. The zero-order valence-electron chi connectivity index (χ0n) is 19.2. The summed E-state index contributed by atoms with van der Waals surface area (Å²) in [6, 6.07) is 19.8. The molecule has 0 radical (unpaired) electrons. The summed E-state index contributed by atoms with van der Waals surface area (Å²) in [5.74, 6) is 0.357. The summed E-state index contributed by atoms with van der Waals surface area (Å²) in [6.07, 6.45) is 0.376. The first-order chi connectivity index (χ1) is 16.1. The molecule has 0 aliphatic carbocycles. The van der Waals surface area contributed by atoms with Crippen LogP contribution in [0.25, 0.3) is 11.1 Å². The summed E-state index contributed by atoms with van der Waals surface area (Å²) in [4.78, 5) is 16.9. The van der Waals surface area contributed by atoms with Gasteiger partial charge in [-0.3, -0.25) is 0 Å². The summed E-state index contributed by atoms with van der Waals surface area (Å²) < 4.78 is 19.2. The third kappa shape index (κ3) is 5.22. The molecular formula is C27H30FN3O2. The van der Waals surface area contributed by atoms with Crippen molar-refractivity contribution in [2.45, 2.75) is 19.4 Å². The van der Waals surface area contributed by atoms with E-state index in [1.54, 1.807) is 19.2 Å². The quantitative estimate of drug-likeness (QED) is 0.416. The van der Waals surface area contributed by atoms with E-state index < -0.39 is 6.04 Å². The van der Waals surface area contributed by atoms with Crippen LogP contribution in [0.5, 0.6) is 5.75 Å². The molecule has 1 aliphatic heterocycles. The molecule has 0 N–H and O–H groups in total. The number of hydrogen-bond donors (Lipinski definition) is 0. The third-order valence-corrected chi connectivity index (χ3v) is 6.40. The molecule has 33 heavy (non-hydrogen) atoms. The normalized spacial score (nSPS) is 15.3. The van der Waals surface area contributed by atoms with E-state index in [0.717, 1.165) is 60.7 Å². The van der Waals surface area contributed by atoms with E-state index in [1.807, 2.05) is 36.4 Å². The monoisotopic (exact) mass is 447 g/mol. The summed E-state index contributed by atoms with van der Waals surface area (Å²) >= 11 is 0. The van der Waals surface area contributed by atoms with Gasteiger partial charge in [-0.15, -0.1) is 0 Å². The topological polar surface area (TPSA) is 45.1 Å². The number of hydrogen-bond acceptors (Lipinski definition) is 5. The first-order valence-electron chi connectivity index (χ1n) is 11.4. The number of methoxy groups -OCH3 is 1. The van der Waals surface area contributed by atoms with Crippen LogP contribution in [0, 0.1) is 10.7 Å². The molecule has 5 nitrogen and oxygen atoms in total. The van der Waals surface area contributed by atoms with Gasteiger partial charge in [0.1, 0.15) is 17.6 Å². The van der Waals surface area contributed by atoms with E-state index >= 15 is 0 Å². The van der Waals surface area contributed by atoms with Crippen LogP contribution >= 0.6 is 0 Å². The SMILES string of the molecule is CCN1CCN(c2cc(-c3ccccc3)c(OC)c(C(Cc3ccc(F)cc3)N=O)c2)CC1. The number of rotatable bonds is 8. The second kappa shape index (κ2) is 10.6. The van der Waals surface area contributed by atoms with Gasteiger partial charge in [0.05, 0.1) is 7.11 Å². The molecule has 1 unspecified atom stereocenters. The minimum atomic E-state index is -0.648. The molecule has 0 spiro atoms. The standard InChI is InChI=1S/C27H30FN3O2/c1-3-30-13-15-31(16-14-30)23-18-24(21-7-5-4-6-8-21)27(33-2)25(19-23)26(29-32)17-20-9-11-22(28)12-10-20/h4-12,18-19,26H,3,13-17H2,1-2H3. The van der Waals surface area contributed by atoms with E-state index in [4.69, 9.17) is 4.74 Å². The number of piperazine rings is 1. The van der Waals surface area contributed by atoms with Crippen LogP contribution in [0.15, 0.2) is 71.9 Å². The Hall–Kier alpha value is -3.25. The highest BCUT2D eigenvalue weighted by atomic mass is 19.1. The van der Waals surface area contributed by atoms with Crippen LogP contribution in [0.2, 0.25) is 0 Å². The number of nitrogens with zero attached hydrogens (tertiary/aromatic N) is 3. The van der Waals surface area contributed by atoms with Gasteiger partial charge in [0, 0.05) is 49.4 Å². The van der Waals surface area contributed by atoms with Crippen LogP contribution in [0.1, 0.15) is 24.1 Å². The van der Waals surface area contributed by atoms with Gasteiger partial charge in [0.15, 0.2) is 0 Å². The Morgan fingerprint density at radius 1 is 1.00 bits per heavy atom. The van der Waals surface area contributed by atoms with Gasteiger partial charge in [-0.2, -0.15) is 4.91 Å². The Labute approximate surface area is 194 Å². The molecule has 172 valence electrons. The summed E-state index contributed by atoms with van der Waals surface area (Å²) in [6.45, 7) is 7.08. The zero-order chi connectivity index (χ0) is 23.2. The van der Waals surface area contributed by atoms with Crippen LogP contribution in [0.3, 0.4) is 0 Å². The largest absolute Gasteiger partial charge is 0.496 e. The summed E-state index contributed by atoms with van der Waals surface area (Å²) in [7, 11) is 1.63. The zero-order valence-corrected chi connectivity index (χ0v) is 19.2. The molecule has 0 amide bonds. The Bertz CT molecular complexity index is 1060. The van der Waals surface area contributed by atoms with Crippen LogP contribution in [0.4, 0.5) is 10.1 Å². The molecule has 1 heterocycles. The maximum absolute atomic E-state index is 13.4. The van der Waals surface area contributed by atoms with Crippen LogP contribution in [-0.2, 0) is 6.42 Å². The molecule has 4 rings (SSSR count). The number of halogens is 1. The van der Waals surface area contributed by atoms with Crippen molar-refractivity contribution in [3.05, 3.63) is 88.6 Å². The molecule has 3 aromatic carbocycles. The van der Waals surface area contributed by atoms with Crippen LogP contribution < -0.4 is 9.64 Å². The third-order valence-electron chi connectivity index (χ3n) is 6.40. The van der Waals surface area contributed by atoms with Crippen LogP contribution in [-0.4, -0.2) is 44.7 Å². The fourth-order valence-corrected chi connectivity index (χ4v) is 4.50. The average molecular weight is 448 g/mol. The maximum Gasteiger partial charge on any atom is 0.132 e. The number of nitroso groups, excluding NO2 is 1. The second-order valence-corrected chi connectivity index (χ2v) is 8.35. The molecule has 6 heteroatoms. The van der Waals surface area contributed by atoms with E-state index in [0.29, 0.717) is 12.2 Å². The lowest BCUT2D eigenvalue weighted by molar-refractivity contribution is 0.271. The van der Waals surface area contributed by atoms with E-state index in [9.17, 15) is 9.30 Å². The summed E-state index contributed by atoms with van der Waals surface area (Å²) in [5, 5.41) is 3.48. The minimum Gasteiger partial charge on any atom is -0.496 e. The molecule has 0 saturated carbocycles. The predicted molar refractivity (Wildman–Crippen MR) is 131 cm³/mol. The van der Waals surface area contributed by atoms with Gasteiger partial charge in [0.2, 0.25) is 0 Å². The second-order valence-electron chi connectivity index (χ2n) is 8.35. The van der Waals surface area contributed by atoms with Gasteiger partial charge in [-0.25, -0.2) is 4.39 Å². The van der Waals surface area contributed by atoms with Crippen molar-refractivity contribution in [1.29, 1.82) is 0 Å². The average Bonchev–Trinajstić information content (AvgIpc) is 2.88. The number of anilines is 1. The Morgan fingerprint density at radius 3 is 2.30 bits per heavy atom. The van der Waals surface area contributed by atoms with Crippen molar-refractivity contribution in [1.82, 2.24) is 4.90 Å². The van der Waals surface area contributed by atoms with E-state index in [2.05, 4.69) is 28.0 Å². The Balaban J connectivity index is 1.78. The number of ether oxygens (including phenoxy) is 1. The molecular weight excluding hydrogens is 417 g/mol. The van der Waals surface area contributed by atoms with E-state index in [-0.39, 0.29) is 5.82 Å². The van der Waals surface area contributed by atoms with Crippen molar-refractivity contribution in [3.8, 4) is 16.9 Å². The molecule has 0 bridgehead atoms. The van der Waals surface area contributed by atoms with Gasteiger partial charge in [-0.05, 0) is 41.9 Å². The van der Waals surface area contributed by atoms with Gasteiger partial charge in [-0.1, -0.05) is 54.6 Å². The van der Waals surface area contributed by atoms with Gasteiger partial charge < -0.3 is 14.5 Å². The fourth-order valence-electron chi connectivity index (χ4n) is 4.50. The molecule has 3 aromatic rings. The van der Waals surface area contributed by atoms with Crippen molar-refractivity contribution in [2.75, 3.05) is 44.7 Å². The lowest BCUT2D eigenvalue weighted by Gasteiger charge is -2.36. The smallest absolute Gasteiger partial charge is 0.132 e. The van der Waals surface area contributed by atoms with Crippen molar-refractivity contribution in [3.63, 3.8) is 0 Å². The van der Waals surface area contributed by atoms with E-state index in [1.165, 1.54) is 12.1 Å². The lowest BCUT2D eigenvalue weighted by Crippen LogP contribution is -2.46. The Morgan fingerprint density at radius 2 is 1.70 bits per heavy atom. The molecule has 1 aliphatic rings. The molecule has 1 saturated heterocycles. The van der Waals surface area contributed by atoms with Gasteiger partial charge in [0.25, 0.3) is 0 Å². The lowest BCUT2D eigenvalue weighted by atomic mass is 9.93. The summed E-state index contributed by atoms with van der Waals surface area (Å²) in [5.41, 5.74) is 4.64. The number of likely N-dealkylation sites (N-methyl/N-ethyl adjacent to an activating group) is 1. The first-order valence-corrected chi connectivity index (χ1v) is 11.4. The number of benzene rings is 3. The molecule has 1 fully saturated rings. The van der Waals surface area contributed by atoms with Crippen molar-refractivity contribution >= 4 is 5.69 Å². The predicted octanol–water partition coefficient (Wildman–Crippen LogP) is 5.69. The van der Waals surface area contributed by atoms with Crippen molar-refractivity contribution in [2.24, 2.45) is 5.18 Å². The molecule has 1 atom stereocenters. The Kier molecular flexibility index (Phi) is 7.35. The minimum absolute atomic E-state index is 0.300. The fraction of sp³-hybridized carbons (Fsp3) is 0.333. The first kappa shape index (κ1) is 22.9. The maximum atomic E-state index is 13.4. The molecule has 0 aromatic heterocycles. The highest BCUT2D eigenvalue weighted by molar-refractivity contribution is 5.77. The van der Waals surface area contributed by atoms with Gasteiger partial charge >= 0.3 is 0 Å². The highest BCUT2D eigenvalue weighted by Crippen LogP contribution is 2.42.